The first-order chi connectivity index (χ1) is 14.9. The number of halogens is 2. The molecular weight excluding hydrogens is 419 g/mol. The topological polar surface area (TPSA) is 60.3 Å². The van der Waals surface area contributed by atoms with E-state index in [0.29, 0.717) is 54.5 Å². The minimum Gasteiger partial charge on any atom is -0.375 e. The third kappa shape index (κ3) is 4.16. The fourth-order valence-corrected chi connectivity index (χ4v) is 4.19. The van der Waals surface area contributed by atoms with Crippen LogP contribution in [0.25, 0.3) is 22.2 Å². The van der Waals surface area contributed by atoms with Crippen molar-refractivity contribution in [2.45, 2.75) is 46.3 Å². The van der Waals surface area contributed by atoms with E-state index in [9.17, 15) is 9.18 Å². The van der Waals surface area contributed by atoms with E-state index >= 15 is 0 Å². The van der Waals surface area contributed by atoms with Gasteiger partial charge in [-0.15, -0.1) is 0 Å². The molecule has 0 spiro atoms. The second-order valence-electron chi connectivity index (χ2n) is 7.81. The Balaban J connectivity index is 1.98. The molecule has 0 bridgehead atoms. The molecule has 164 valence electrons. The van der Waals surface area contributed by atoms with E-state index in [1.165, 1.54) is 6.07 Å². The van der Waals surface area contributed by atoms with Gasteiger partial charge in [0.25, 0.3) is 5.56 Å². The minimum atomic E-state index is -0.520. The molecule has 1 aromatic carbocycles. The number of morpholine rings is 1. The molecule has 31 heavy (non-hydrogen) atoms. The molecule has 0 radical (unpaired) electrons. The Morgan fingerprint density at radius 2 is 2.06 bits per heavy atom. The van der Waals surface area contributed by atoms with Crippen LogP contribution >= 0.6 is 11.6 Å². The average molecular weight is 445 g/mol. The second-order valence-corrected chi connectivity index (χ2v) is 8.25. The number of benzene rings is 1. The van der Waals surface area contributed by atoms with Crippen LogP contribution in [0.2, 0.25) is 5.02 Å². The van der Waals surface area contributed by atoms with Gasteiger partial charge in [-0.3, -0.25) is 9.36 Å². The summed E-state index contributed by atoms with van der Waals surface area (Å²) >= 11 is 5.97. The summed E-state index contributed by atoms with van der Waals surface area (Å²) in [5.74, 6) is 0.777. The fourth-order valence-electron chi connectivity index (χ4n) is 4.03. The molecule has 1 fully saturated rings. The van der Waals surface area contributed by atoms with Crippen molar-refractivity contribution in [2.24, 2.45) is 0 Å². The quantitative estimate of drug-likeness (QED) is 0.576. The van der Waals surface area contributed by atoms with Gasteiger partial charge in [-0.1, -0.05) is 25.4 Å². The number of pyridine rings is 1. The molecule has 1 aliphatic rings. The summed E-state index contributed by atoms with van der Waals surface area (Å²) < 4.78 is 22.3. The van der Waals surface area contributed by atoms with Crippen LogP contribution in [-0.4, -0.2) is 40.3 Å². The maximum atomic E-state index is 14.9. The zero-order valence-electron chi connectivity index (χ0n) is 18.0. The van der Waals surface area contributed by atoms with Gasteiger partial charge in [-0.25, -0.2) is 14.4 Å². The van der Waals surface area contributed by atoms with Gasteiger partial charge in [-0.2, -0.15) is 0 Å². The van der Waals surface area contributed by atoms with Crippen molar-refractivity contribution in [1.29, 1.82) is 0 Å². The maximum absolute atomic E-state index is 14.9. The molecule has 0 aliphatic carbocycles. The van der Waals surface area contributed by atoms with Gasteiger partial charge in [0.15, 0.2) is 0 Å². The Kier molecular flexibility index (Phi) is 6.25. The lowest BCUT2D eigenvalue weighted by Gasteiger charge is -2.33. The van der Waals surface area contributed by atoms with E-state index in [-0.39, 0.29) is 22.2 Å². The first-order valence-corrected chi connectivity index (χ1v) is 11.0. The lowest BCUT2D eigenvalue weighted by molar-refractivity contribution is 0.0382. The van der Waals surface area contributed by atoms with Crippen molar-refractivity contribution >= 4 is 28.3 Å². The monoisotopic (exact) mass is 444 g/mol. The highest BCUT2D eigenvalue weighted by Gasteiger charge is 2.24. The molecule has 3 aromatic rings. The molecular formula is C23H26ClFN4O2. The smallest absolute Gasteiger partial charge is 0.263 e. The standard InChI is InChI=1S/C23H26ClFN4O2/c1-4-8-29-14(3)26-19-12-20(28-9-10-31-16(5-2)13-28)27-22(21(19)23(29)30)17-7-6-15(24)11-18(17)25/h6-7,11-12,16H,4-5,8-10,13H2,1-3H3/t16-/m0/s1. The number of anilines is 1. The number of ether oxygens (including phenoxy) is 1. The summed E-state index contributed by atoms with van der Waals surface area (Å²) in [6.07, 6.45) is 1.78. The molecule has 1 atom stereocenters. The predicted molar refractivity (Wildman–Crippen MR) is 121 cm³/mol. The highest BCUT2D eigenvalue weighted by atomic mass is 35.5. The van der Waals surface area contributed by atoms with Crippen molar-refractivity contribution in [3.63, 3.8) is 0 Å². The Labute approximate surface area is 185 Å². The van der Waals surface area contributed by atoms with Gasteiger partial charge >= 0.3 is 0 Å². The van der Waals surface area contributed by atoms with Gasteiger partial charge < -0.3 is 9.64 Å². The number of aromatic nitrogens is 3. The van der Waals surface area contributed by atoms with Gasteiger partial charge in [0.05, 0.1) is 29.3 Å². The molecule has 1 saturated heterocycles. The van der Waals surface area contributed by atoms with Crippen molar-refractivity contribution in [3.05, 3.63) is 51.3 Å². The number of fused-ring (bicyclic) bond motifs is 1. The first-order valence-electron chi connectivity index (χ1n) is 10.7. The van der Waals surface area contributed by atoms with E-state index in [0.717, 1.165) is 12.8 Å². The number of hydrogen-bond acceptors (Lipinski definition) is 5. The molecule has 3 heterocycles. The van der Waals surface area contributed by atoms with Gasteiger partial charge in [0, 0.05) is 36.3 Å². The molecule has 1 aliphatic heterocycles. The van der Waals surface area contributed by atoms with Crippen molar-refractivity contribution in [1.82, 2.24) is 14.5 Å². The Bertz CT molecular complexity index is 1180. The van der Waals surface area contributed by atoms with Crippen molar-refractivity contribution in [2.75, 3.05) is 24.6 Å². The molecule has 8 heteroatoms. The summed E-state index contributed by atoms with van der Waals surface area (Å²) in [6.45, 7) is 8.39. The van der Waals surface area contributed by atoms with Gasteiger partial charge in [0.1, 0.15) is 17.5 Å². The van der Waals surface area contributed by atoms with Crippen LogP contribution in [0.5, 0.6) is 0 Å². The summed E-state index contributed by atoms with van der Waals surface area (Å²) in [6, 6.07) is 6.25. The Morgan fingerprint density at radius 3 is 2.77 bits per heavy atom. The largest absolute Gasteiger partial charge is 0.375 e. The van der Waals surface area contributed by atoms with E-state index in [4.69, 9.17) is 26.3 Å². The minimum absolute atomic E-state index is 0.106. The number of aryl methyl sites for hydroxylation is 1. The zero-order valence-corrected chi connectivity index (χ0v) is 18.7. The summed E-state index contributed by atoms with van der Waals surface area (Å²) in [7, 11) is 0. The third-order valence-electron chi connectivity index (χ3n) is 5.67. The Hall–Kier alpha value is -2.51. The van der Waals surface area contributed by atoms with Crippen LogP contribution in [0.4, 0.5) is 10.2 Å². The van der Waals surface area contributed by atoms with Crippen molar-refractivity contribution < 1.29 is 9.13 Å². The molecule has 0 N–H and O–H groups in total. The van der Waals surface area contributed by atoms with E-state index < -0.39 is 5.82 Å². The molecule has 0 amide bonds. The van der Waals surface area contributed by atoms with E-state index in [1.54, 1.807) is 16.7 Å². The normalized spacial score (nSPS) is 16.8. The average Bonchev–Trinajstić information content (AvgIpc) is 2.76. The van der Waals surface area contributed by atoms with Gasteiger partial charge in [-0.05, 0) is 38.0 Å². The number of nitrogens with zero attached hydrogens (tertiary/aromatic N) is 4. The highest BCUT2D eigenvalue weighted by molar-refractivity contribution is 6.30. The molecule has 4 rings (SSSR count). The SMILES string of the molecule is CCCn1c(C)nc2cc(N3CCO[C@@H](CC)C3)nc(-c3ccc(Cl)cc3F)c2c1=O. The summed E-state index contributed by atoms with van der Waals surface area (Å²) in [5, 5.41) is 0.613. The summed E-state index contributed by atoms with van der Waals surface area (Å²) in [4.78, 5) is 25.0. The van der Waals surface area contributed by atoms with Crippen LogP contribution in [0.15, 0.2) is 29.1 Å². The maximum Gasteiger partial charge on any atom is 0.263 e. The second kappa shape index (κ2) is 8.93. The van der Waals surface area contributed by atoms with Crippen molar-refractivity contribution in [3.8, 4) is 11.3 Å². The third-order valence-corrected chi connectivity index (χ3v) is 5.90. The summed E-state index contributed by atoms with van der Waals surface area (Å²) in [5.41, 5.74) is 0.843. The first kappa shape index (κ1) is 21.7. The van der Waals surface area contributed by atoms with Gasteiger partial charge in [0.2, 0.25) is 0 Å². The lowest BCUT2D eigenvalue weighted by Crippen LogP contribution is -2.42. The predicted octanol–water partition coefficient (Wildman–Crippen LogP) is 4.58. The number of hydrogen-bond donors (Lipinski definition) is 0. The number of rotatable bonds is 5. The van der Waals surface area contributed by atoms with Crippen LogP contribution in [0, 0.1) is 12.7 Å². The van der Waals surface area contributed by atoms with E-state index in [1.807, 2.05) is 19.9 Å². The highest BCUT2D eigenvalue weighted by Crippen LogP contribution is 2.31. The molecule has 6 nitrogen and oxygen atoms in total. The van der Waals surface area contributed by atoms with Crippen LogP contribution < -0.4 is 10.5 Å². The zero-order chi connectivity index (χ0) is 22.1. The lowest BCUT2D eigenvalue weighted by atomic mass is 10.1. The fraction of sp³-hybridized carbons (Fsp3) is 0.435. The van der Waals surface area contributed by atoms with Crippen LogP contribution in [0.1, 0.15) is 32.5 Å². The molecule has 2 aromatic heterocycles. The Morgan fingerprint density at radius 1 is 1.26 bits per heavy atom. The van der Waals surface area contributed by atoms with Crippen LogP contribution in [0.3, 0.4) is 0 Å². The molecule has 0 unspecified atom stereocenters. The van der Waals surface area contributed by atoms with Crippen LogP contribution in [-0.2, 0) is 11.3 Å². The van der Waals surface area contributed by atoms with E-state index in [2.05, 4.69) is 11.8 Å². The molecule has 0 saturated carbocycles.